The van der Waals surface area contributed by atoms with Crippen LogP contribution in [0.4, 0.5) is 0 Å². The van der Waals surface area contributed by atoms with E-state index < -0.39 is 12.3 Å². The zero-order valence-electron chi connectivity index (χ0n) is 11.6. The fraction of sp³-hybridized carbons (Fsp3) is 0.533. The third-order valence-electron chi connectivity index (χ3n) is 3.29. The Labute approximate surface area is 123 Å². The maximum Gasteiger partial charge on any atom is 0.370 e. The van der Waals surface area contributed by atoms with E-state index in [4.69, 9.17) is 14.6 Å². The van der Waals surface area contributed by atoms with Gasteiger partial charge in [-0.05, 0) is 34.9 Å². The van der Waals surface area contributed by atoms with Gasteiger partial charge < -0.3 is 14.6 Å². The lowest BCUT2D eigenvalue weighted by Gasteiger charge is -2.27. The van der Waals surface area contributed by atoms with Crippen LogP contribution in [0.15, 0.2) is 28.7 Å². The van der Waals surface area contributed by atoms with Crippen molar-refractivity contribution < 1.29 is 19.4 Å². The maximum atomic E-state index is 11.1. The van der Waals surface area contributed by atoms with Crippen LogP contribution in [-0.4, -0.2) is 24.0 Å². The fourth-order valence-corrected chi connectivity index (χ4v) is 2.92. The summed E-state index contributed by atoms with van der Waals surface area (Å²) in [6.45, 7) is 2.75. The van der Waals surface area contributed by atoms with Gasteiger partial charge in [-0.3, -0.25) is 0 Å². The molecule has 0 aromatic carbocycles. The molecule has 1 aromatic heterocycles. The Morgan fingerprint density at radius 2 is 2.40 bits per heavy atom. The second-order valence-corrected chi connectivity index (χ2v) is 5.64. The Morgan fingerprint density at radius 1 is 1.55 bits per heavy atom. The van der Waals surface area contributed by atoms with E-state index in [1.807, 2.05) is 16.8 Å². The number of rotatable bonds is 7. The van der Waals surface area contributed by atoms with Crippen molar-refractivity contribution in [3.8, 4) is 0 Å². The highest BCUT2D eigenvalue weighted by Gasteiger charge is 2.28. The van der Waals surface area contributed by atoms with Gasteiger partial charge in [0.05, 0.1) is 6.61 Å². The monoisotopic (exact) mass is 296 g/mol. The molecule has 2 atom stereocenters. The lowest BCUT2D eigenvalue weighted by Crippen LogP contribution is -2.27. The summed E-state index contributed by atoms with van der Waals surface area (Å²) in [5, 5.41) is 13.2. The number of carboxylic acid groups (broad SMARTS) is 1. The van der Waals surface area contributed by atoms with E-state index in [1.165, 1.54) is 0 Å². The van der Waals surface area contributed by atoms with Gasteiger partial charge in [0.25, 0.3) is 0 Å². The molecule has 1 aromatic rings. The average Bonchev–Trinajstić information content (AvgIpc) is 2.97. The van der Waals surface area contributed by atoms with Crippen molar-refractivity contribution in [1.29, 1.82) is 0 Å². The van der Waals surface area contributed by atoms with E-state index in [-0.39, 0.29) is 11.7 Å². The van der Waals surface area contributed by atoms with Gasteiger partial charge in [0.15, 0.2) is 0 Å². The third-order valence-corrected chi connectivity index (χ3v) is 3.99. The van der Waals surface area contributed by atoms with Crippen molar-refractivity contribution >= 4 is 17.3 Å². The van der Waals surface area contributed by atoms with Gasteiger partial charge in [0, 0.05) is 12.3 Å². The van der Waals surface area contributed by atoms with Gasteiger partial charge in [0.1, 0.15) is 0 Å². The number of ether oxygens (including phenoxy) is 2. The molecule has 1 N–H and O–H groups in total. The molecule has 0 spiro atoms. The minimum atomic E-state index is -1.04. The number of allylic oxidation sites excluding steroid dienone is 1. The summed E-state index contributed by atoms with van der Waals surface area (Å²) in [5.41, 5.74) is 1.12. The fourth-order valence-electron chi connectivity index (χ4n) is 2.20. The number of carboxylic acids is 1. The smallest absolute Gasteiger partial charge is 0.370 e. The van der Waals surface area contributed by atoms with Crippen LogP contribution in [-0.2, 0) is 14.3 Å². The van der Waals surface area contributed by atoms with Crippen LogP contribution in [0.25, 0.3) is 0 Å². The highest BCUT2D eigenvalue weighted by Crippen LogP contribution is 2.32. The SMILES string of the molecule is CCCCCO[C@H]1C[C@@H](c2ccsc2)C=C(C(=O)O)O1. The standard InChI is InChI=1S/C15H20O4S/c1-2-3-4-6-18-14-9-12(11-5-7-20-10-11)8-13(19-14)15(16)17/h5,7-8,10,12,14H,2-4,6,9H2,1H3,(H,16,17)/t12-,14+/m0/s1. The van der Waals surface area contributed by atoms with E-state index in [0.29, 0.717) is 13.0 Å². The van der Waals surface area contributed by atoms with E-state index in [1.54, 1.807) is 17.4 Å². The molecule has 0 radical (unpaired) electrons. The molecule has 0 saturated heterocycles. The normalized spacial score (nSPS) is 22.1. The van der Waals surface area contributed by atoms with Crippen molar-refractivity contribution in [3.05, 3.63) is 34.2 Å². The molecule has 0 aliphatic carbocycles. The van der Waals surface area contributed by atoms with Crippen LogP contribution < -0.4 is 0 Å². The third kappa shape index (κ3) is 4.08. The first-order valence-corrected chi connectivity index (χ1v) is 7.90. The second-order valence-electron chi connectivity index (χ2n) is 4.86. The summed E-state index contributed by atoms with van der Waals surface area (Å²) in [6.07, 6.45) is 5.10. The van der Waals surface area contributed by atoms with Crippen LogP contribution in [0.1, 0.15) is 44.1 Å². The van der Waals surface area contributed by atoms with Crippen LogP contribution in [0.5, 0.6) is 0 Å². The topological polar surface area (TPSA) is 55.8 Å². The van der Waals surface area contributed by atoms with Gasteiger partial charge in [-0.2, -0.15) is 11.3 Å². The lowest BCUT2D eigenvalue weighted by molar-refractivity contribution is -0.157. The Morgan fingerprint density at radius 3 is 3.05 bits per heavy atom. The molecule has 4 nitrogen and oxygen atoms in total. The molecule has 0 fully saturated rings. The minimum Gasteiger partial charge on any atom is -0.475 e. The Bertz CT molecular complexity index is 452. The number of thiophene rings is 1. The highest BCUT2D eigenvalue weighted by atomic mass is 32.1. The second kappa shape index (κ2) is 7.45. The molecule has 110 valence electrons. The van der Waals surface area contributed by atoms with Crippen molar-refractivity contribution in [2.45, 2.75) is 44.8 Å². The van der Waals surface area contributed by atoms with E-state index >= 15 is 0 Å². The Hall–Kier alpha value is -1.33. The van der Waals surface area contributed by atoms with Crippen LogP contribution in [0, 0.1) is 0 Å². The minimum absolute atomic E-state index is 0.00654. The number of carbonyl (C=O) groups is 1. The summed E-state index contributed by atoms with van der Waals surface area (Å²) >= 11 is 1.61. The first kappa shape index (κ1) is 15.1. The summed E-state index contributed by atoms with van der Waals surface area (Å²) in [4.78, 5) is 11.1. The predicted molar refractivity (Wildman–Crippen MR) is 77.7 cm³/mol. The van der Waals surface area contributed by atoms with Gasteiger partial charge in [-0.15, -0.1) is 0 Å². The molecule has 2 rings (SSSR count). The Balaban J connectivity index is 1.99. The van der Waals surface area contributed by atoms with Crippen LogP contribution in [0.2, 0.25) is 0 Å². The van der Waals surface area contributed by atoms with Crippen molar-refractivity contribution in [2.75, 3.05) is 6.61 Å². The summed E-state index contributed by atoms with van der Waals surface area (Å²) in [6, 6.07) is 2.02. The maximum absolute atomic E-state index is 11.1. The molecular weight excluding hydrogens is 276 g/mol. The quantitative estimate of drug-likeness (QED) is 0.778. The largest absolute Gasteiger partial charge is 0.475 e. The van der Waals surface area contributed by atoms with Crippen molar-refractivity contribution in [1.82, 2.24) is 0 Å². The molecule has 0 amide bonds. The van der Waals surface area contributed by atoms with Crippen molar-refractivity contribution in [2.24, 2.45) is 0 Å². The first-order valence-electron chi connectivity index (χ1n) is 6.96. The zero-order valence-corrected chi connectivity index (χ0v) is 12.4. The molecule has 20 heavy (non-hydrogen) atoms. The van der Waals surface area contributed by atoms with Gasteiger partial charge in [-0.25, -0.2) is 4.79 Å². The average molecular weight is 296 g/mol. The molecule has 0 bridgehead atoms. The molecule has 5 heteroatoms. The number of unbranched alkanes of at least 4 members (excludes halogenated alkanes) is 2. The summed E-state index contributed by atoms with van der Waals surface area (Å²) in [5.74, 6) is -0.989. The number of aliphatic carboxylic acids is 1. The Kier molecular flexibility index (Phi) is 5.61. The summed E-state index contributed by atoms with van der Waals surface area (Å²) < 4.78 is 11.1. The molecule has 2 heterocycles. The van der Waals surface area contributed by atoms with Gasteiger partial charge >= 0.3 is 5.97 Å². The van der Waals surface area contributed by atoms with Crippen LogP contribution in [0.3, 0.4) is 0 Å². The van der Waals surface area contributed by atoms with E-state index in [9.17, 15) is 4.79 Å². The molecular formula is C15H20O4S. The first-order chi connectivity index (χ1) is 9.70. The van der Waals surface area contributed by atoms with Gasteiger partial charge in [-0.1, -0.05) is 19.8 Å². The lowest BCUT2D eigenvalue weighted by atomic mass is 9.95. The van der Waals surface area contributed by atoms with Gasteiger partial charge in [0.2, 0.25) is 12.0 Å². The molecule has 1 aliphatic heterocycles. The molecule has 1 aliphatic rings. The summed E-state index contributed by atoms with van der Waals surface area (Å²) in [7, 11) is 0. The highest BCUT2D eigenvalue weighted by molar-refractivity contribution is 7.08. The van der Waals surface area contributed by atoms with E-state index in [2.05, 4.69) is 6.92 Å². The molecule has 0 unspecified atom stereocenters. The molecule has 0 saturated carbocycles. The zero-order chi connectivity index (χ0) is 14.4. The number of hydrogen-bond acceptors (Lipinski definition) is 4. The van der Waals surface area contributed by atoms with Crippen LogP contribution >= 0.6 is 11.3 Å². The number of hydrogen-bond donors (Lipinski definition) is 1. The van der Waals surface area contributed by atoms with Crippen molar-refractivity contribution in [3.63, 3.8) is 0 Å². The van der Waals surface area contributed by atoms with E-state index in [0.717, 1.165) is 24.8 Å². The predicted octanol–water partition coefficient (Wildman–Crippen LogP) is 3.75.